The molecule has 2 N–H and O–H groups in total. The Labute approximate surface area is 120 Å². The van der Waals surface area contributed by atoms with Crippen LogP contribution < -0.4 is 5.32 Å². The summed E-state index contributed by atoms with van der Waals surface area (Å²) in [5.74, 6) is -0.785. The average Bonchev–Trinajstić information content (AvgIpc) is 2.47. The molecule has 114 valence electrons. The van der Waals surface area contributed by atoms with Gasteiger partial charge in [-0.2, -0.15) is 0 Å². The summed E-state index contributed by atoms with van der Waals surface area (Å²) in [5.41, 5.74) is -0.377. The van der Waals surface area contributed by atoms with E-state index in [1.165, 1.54) is 0 Å². The highest BCUT2D eigenvalue weighted by molar-refractivity contribution is 5.88. The van der Waals surface area contributed by atoms with Crippen molar-refractivity contribution in [2.75, 3.05) is 19.6 Å². The molecule has 2 rings (SSSR count). The first-order valence-electron chi connectivity index (χ1n) is 7.85. The van der Waals surface area contributed by atoms with Crippen molar-refractivity contribution >= 4 is 11.9 Å². The van der Waals surface area contributed by atoms with Gasteiger partial charge in [0.25, 0.3) is 0 Å². The van der Waals surface area contributed by atoms with Crippen LogP contribution in [0.5, 0.6) is 0 Å². The van der Waals surface area contributed by atoms with Crippen LogP contribution in [0.4, 0.5) is 0 Å². The van der Waals surface area contributed by atoms with E-state index in [0.29, 0.717) is 19.5 Å². The van der Waals surface area contributed by atoms with Crippen molar-refractivity contribution in [2.24, 2.45) is 5.41 Å². The van der Waals surface area contributed by atoms with E-state index in [4.69, 9.17) is 0 Å². The monoisotopic (exact) mass is 282 g/mol. The fourth-order valence-corrected chi connectivity index (χ4v) is 3.69. The highest BCUT2D eigenvalue weighted by atomic mass is 16.4. The third-order valence-corrected chi connectivity index (χ3v) is 4.70. The first-order valence-corrected chi connectivity index (χ1v) is 7.85. The van der Waals surface area contributed by atoms with Gasteiger partial charge in [0.15, 0.2) is 0 Å². The largest absolute Gasteiger partial charge is 0.480 e. The van der Waals surface area contributed by atoms with Gasteiger partial charge in [-0.05, 0) is 45.1 Å². The van der Waals surface area contributed by atoms with Crippen LogP contribution in [0, 0.1) is 5.41 Å². The average molecular weight is 282 g/mol. The van der Waals surface area contributed by atoms with Crippen molar-refractivity contribution in [1.82, 2.24) is 10.2 Å². The molecule has 0 radical (unpaired) electrons. The zero-order valence-corrected chi connectivity index (χ0v) is 12.4. The summed E-state index contributed by atoms with van der Waals surface area (Å²) in [6, 6.07) is -0.619. The van der Waals surface area contributed by atoms with Gasteiger partial charge in [0.05, 0.1) is 5.41 Å². The Kier molecular flexibility index (Phi) is 5.02. The van der Waals surface area contributed by atoms with Crippen LogP contribution in [0.3, 0.4) is 0 Å². The number of hydrogen-bond donors (Lipinski definition) is 2. The van der Waals surface area contributed by atoms with Gasteiger partial charge in [0.2, 0.25) is 5.91 Å². The third kappa shape index (κ3) is 2.97. The Morgan fingerprint density at radius 1 is 1.35 bits per heavy atom. The first kappa shape index (κ1) is 15.3. The second-order valence-electron chi connectivity index (χ2n) is 6.16. The van der Waals surface area contributed by atoms with Crippen molar-refractivity contribution in [2.45, 2.75) is 57.9 Å². The molecule has 1 unspecified atom stereocenters. The number of piperidine rings is 2. The minimum Gasteiger partial charge on any atom is -0.480 e. The molecule has 5 heteroatoms. The van der Waals surface area contributed by atoms with E-state index in [-0.39, 0.29) is 11.3 Å². The molecule has 0 aliphatic carbocycles. The number of nitrogens with one attached hydrogen (secondary N) is 1. The molecule has 1 amide bonds. The number of carbonyl (C=O) groups is 2. The van der Waals surface area contributed by atoms with Crippen molar-refractivity contribution in [1.29, 1.82) is 0 Å². The Morgan fingerprint density at radius 3 is 2.75 bits per heavy atom. The summed E-state index contributed by atoms with van der Waals surface area (Å²) in [5, 5.41) is 12.7. The van der Waals surface area contributed by atoms with Crippen LogP contribution in [-0.4, -0.2) is 47.6 Å². The highest BCUT2D eigenvalue weighted by Crippen LogP contribution is 2.35. The molecule has 5 nitrogen and oxygen atoms in total. The lowest BCUT2D eigenvalue weighted by Gasteiger charge is -2.43. The number of aliphatic carboxylic acids is 1. The molecule has 0 saturated carbocycles. The van der Waals surface area contributed by atoms with E-state index < -0.39 is 12.0 Å². The molecule has 0 aromatic heterocycles. The topological polar surface area (TPSA) is 69.6 Å². The molecule has 0 spiro atoms. The normalized spacial score (nSPS) is 31.1. The number of carbonyl (C=O) groups excluding carboxylic acids is 1. The van der Waals surface area contributed by atoms with Crippen LogP contribution in [0.25, 0.3) is 0 Å². The highest BCUT2D eigenvalue weighted by Gasteiger charge is 2.44. The maximum Gasteiger partial charge on any atom is 0.326 e. The van der Waals surface area contributed by atoms with Crippen LogP contribution in [0.2, 0.25) is 0 Å². The van der Waals surface area contributed by atoms with Crippen LogP contribution >= 0.6 is 0 Å². The van der Waals surface area contributed by atoms with E-state index in [1.807, 2.05) is 0 Å². The molecule has 2 atom stereocenters. The van der Waals surface area contributed by atoms with Gasteiger partial charge in [-0.3, -0.25) is 4.79 Å². The minimum absolute atomic E-state index is 0.0682. The maximum atomic E-state index is 13.0. The van der Waals surface area contributed by atoms with Crippen molar-refractivity contribution < 1.29 is 14.7 Å². The molecule has 2 heterocycles. The summed E-state index contributed by atoms with van der Waals surface area (Å²) < 4.78 is 0. The number of nitrogens with zero attached hydrogens (tertiary/aromatic N) is 1. The zero-order valence-electron chi connectivity index (χ0n) is 12.4. The lowest BCUT2D eigenvalue weighted by molar-refractivity contribution is -0.158. The van der Waals surface area contributed by atoms with Gasteiger partial charge in [0.1, 0.15) is 6.04 Å². The molecule has 0 bridgehead atoms. The Hall–Kier alpha value is -1.10. The summed E-state index contributed by atoms with van der Waals surface area (Å²) in [7, 11) is 0. The number of hydrogen-bond acceptors (Lipinski definition) is 3. The molecule has 0 aromatic carbocycles. The van der Waals surface area contributed by atoms with E-state index in [0.717, 1.165) is 45.1 Å². The summed E-state index contributed by atoms with van der Waals surface area (Å²) in [4.78, 5) is 26.1. The second-order valence-corrected chi connectivity index (χ2v) is 6.16. The first-order chi connectivity index (χ1) is 9.60. The Morgan fingerprint density at radius 2 is 2.15 bits per heavy atom. The van der Waals surface area contributed by atoms with E-state index in [9.17, 15) is 14.7 Å². The third-order valence-electron chi connectivity index (χ3n) is 4.70. The Balaban J connectivity index is 2.18. The zero-order chi connectivity index (χ0) is 14.6. The Bertz CT molecular complexity index is 359. The second kappa shape index (κ2) is 6.57. The van der Waals surface area contributed by atoms with E-state index >= 15 is 0 Å². The molecule has 20 heavy (non-hydrogen) atoms. The summed E-state index contributed by atoms with van der Waals surface area (Å²) in [6.07, 6.45) is 6.11. The SMILES string of the molecule is CCCC1(C(=O)N2CCCC[C@H]2C(=O)O)CCCNC1. The molecule has 2 aliphatic heterocycles. The molecular formula is C15H26N2O3. The number of carboxylic acid groups (broad SMARTS) is 1. The standard InChI is InChI=1S/C15H26N2O3/c1-2-7-15(8-5-9-16-11-15)14(20)17-10-4-3-6-12(17)13(18)19/h12,16H,2-11H2,1H3,(H,18,19)/t12-,15?/m0/s1. The molecular weight excluding hydrogens is 256 g/mol. The number of carboxylic acids is 1. The van der Waals surface area contributed by atoms with Crippen molar-refractivity contribution in [3.63, 3.8) is 0 Å². The minimum atomic E-state index is -0.853. The molecule has 0 aromatic rings. The molecule has 2 aliphatic rings. The number of rotatable bonds is 4. The summed E-state index contributed by atoms with van der Waals surface area (Å²) in [6.45, 7) is 4.35. The lowest BCUT2D eigenvalue weighted by Crippen LogP contribution is -2.57. The van der Waals surface area contributed by atoms with Crippen LogP contribution in [-0.2, 0) is 9.59 Å². The van der Waals surface area contributed by atoms with Gasteiger partial charge in [-0.25, -0.2) is 4.79 Å². The van der Waals surface area contributed by atoms with Crippen LogP contribution in [0.1, 0.15) is 51.9 Å². The van der Waals surface area contributed by atoms with Crippen molar-refractivity contribution in [3.8, 4) is 0 Å². The number of amides is 1. The lowest BCUT2D eigenvalue weighted by atomic mass is 9.75. The number of likely N-dealkylation sites (tertiary alicyclic amines) is 1. The summed E-state index contributed by atoms with van der Waals surface area (Å²) >= 11 is 0. The quantitative estimate of drug-likeness (QED) is 0.822. The smallest absolute Gasteiger partial charge is 0.326 e. The van der Waals surface area contributed by atoms with Gasteiger partial charge < -0.3 is 15.3 Å². The fourth-order valence-electron chi connectivity index (χ4n) is 3.69. The van der Waals surface area contributed by atoms with Gasteiger partial charge in [-0.15, -0.1) is 0 Å². The fraction of sp³-hybridized carbons (Fsp3) is 0.867. The van der Waals surface area contributed by atoms with Gasteiger partial charge in [-0.1, -0.05) is 13.3 Å². The predicted octanol–water partition coefficient (Wildman–Crippen LogP) is 1.62. The van der Waals surface area contributed by atoms with Gasteiger partial charge in [0, 0.05) is 13.1 Å². The van der Waals surface area contributed by atoms with Crippen LogP contribution in [0.15, 0.2) is 0 Å². The molecule has 2 saturated heterocycles. The molecule has 2 fully saturated rings. The van der Waals surface area contributed by atoms with Crippen molar-refractivity contribution in [3.05, 3.63) is 0 Å². The van der Waals surface area contributed by atoms with Gasteiger partial charge >= 0.3 is 5.97 Å². The van der Waals surface area contributed by atoms with E-state index in [2.05, 4.69) is 12.2 Å². The maximum absolute atomic E-state index is 13.0. The van der Waals surface area contributed by atoms with E-state index in [1.54, 1.807) is 4.90 Å². The predicted molar refractivity (Wildman–Crippen MR) is 76.4 cm³/mol.